The van der Waals surface area contributed by atoms with Gasteiger partial charge in [0.15, 0.2) is 0 Å². The van der Waals surface area contributed by atoms with Crippen LogP contribution < -0.4 is 10.3 Å². The van der Waals surface area contributed by atoms with Crippen LogP contribution in [0.4, 0.5) is 0 Å². The fourth-order valence-corrected chi connectivity index (χ4v) is 3.37. The summed E-state index contributed by atoms with van der Waals surface area (Å²) in [6, 6.07) is 11.4. The first-order chi connectivity index (χ1) is 12.5. The van der Waals surface area contributed by atoms with Crippen molar-refractivity contribution in [1.82, 2.24) is 9.55 Å². The van der Waals surface area contributed by atoms with Crippen LogP contribution in [0.1, 0.15) is 11.4 Å². The summed E-state index contributed by atoms with van der Waals surface area (Å²) in [6.45, 7) is 9.75. The SMILES string of the molecule is C=CCOc1ccc(-n2c(C)nc3ccc(I)cc3c2=O)cc1CC=C. The number of aryl methyl sites for hydroxylation is 1. The first kappa shape index (κ1) is 18.4. The predicted molar refractivity (Wildman–Crippen MR) is 114 cm³/mol. The molecule has 5 heteroatoms. The Bertz CT molecular complexity index is 1050. The lowest BCUT2D eigenvalue weighted by molar-refractivity contribution is 0.360. The van der Waals surface area contributed by atoms with E-state index in [-0.39, 0.29) is 5.56 Å². The second kappa shape index (κ2) is 7.86. The molecule has 0 amide bonds. The van der Waals surface area contributed by atoms with Crippen LogP contribution in [0.5, 0.6) is 5.75 Å². The maximum atomic E-state index is 13.1. The number of allylic oxidation sites excluding steroid dienone is 1. The summed E-state index contributed by atoms with van der Waals surface area (Å²) < 4.78 is 8.35. The summed E-state index contributed by atoms with van der Waals surface area (Å²) in [5.41, 5.74) is 2.37. The minimum atomic E-state index is -0.0738. The van der Waals surface area contributed by atoms with Crippen LogP contribution >= 0.6 is 22.6 Å². The normalized spacial score (nSPS) is 10.7. The van der Waals surface area contributed by atoms with Gasteiger partial charge in [-0.25, -0.2) is 4.98 Å². The zero-order valence-electron chi connectivity index (χ0n) is 14.5. The number of hydrogen-bond donors (Lipinski definition) is 0. The largest absolute Gasteiger partial charge is 0.489 e. The lowest BCUT2D eigenvalue weighted by atomic mass is 10.1. The van der Waals surface area contributed by atoms with Crippen LogP contribution in [0.25, 0.3) is 16.6 Å². The van der Waals surface area contributed by atoms with Gasteiger partial charge in [-0.3, -0.25) is 9.36 Å². The summed E-state index contributed by atoms with van der Waals surface area (Å²) >= 11 is 2.20. The average Bonchev–Trinajstić information content (AvgIpc) is 2.62. The van der Waals surface area contributed by atoms with E-state index in [1.54, 1.807) is 10.6 Å². The van der Waals surface area contributed by atoms with Gasteiger partial charge in [0.25, 0.3) is 5.56 Å². The van der Waals surface area contributed by atoms with Crippen molar-refractivity contribution in [2.75, 3.05) is 6.61 Å². The smallest absolute Gasteiger partial charge is 0.265 e. The number of halogens is 1. The second-order valence-corrected chi connectivity index (χ2v) is 7.09. The van der Waals surface area contributed by atoms with E-state index in [0.29, 0.717) is 29.8 Å². The van der Waals surface area contributed by atoms with Crippen molar-refractivity contribution in [2.24, 2.45) is 0 Å². The second-order valence-electron chi connectivity index (χ2n) is 5.85. The molecule has 0 unspecified atom stereocenters. The Hall–Kier alpha value is -2.41. The monoisotopic (exact) mass is 458 g/mol. The van der Waals surface area contributed by atoms with Crippen LogP contribution in [-0.4, -0.2) is 16.2 Å². The maximum Gasteiger partial charge on any atom is 0.265 e. The number of hydrogen-bond acceptors (Lipinski definition) is 3. The molecule has 2 aromatic carbocycles. The number of nitrogens with zero attached hydrogens (tertiary/aromatic N) is 2. The summed E-state index contributed by atoms with van der Waals surface area (Å²) in [5, 5.41) is 0.611. The van der Waals surface area contributed by atoms with Gasteiger partial charge in [-0.05, 0) is 77.9 Å². The van der Waals surface area contributed by atoms with Gasteiger partial charge in [0.2, 0.25) is 0 Å². The minimum Gasteiger partial charge on any atom is -0.489 e. The standard InChI is InChI=1S/C21H19IN2O2/c1-4-6-15-12-17(8-10-20(15)26-11-5-2)24-14(3)23-19-9-7-16(22)13-18(19)21(24)25/h4-5,7-10,12-13H,1-2,6,11H2,3H3. The minimum absolute atomic E-state index is 0.0738. The van der Waals surface area contributed by atoms with E-state index in [9.17, 15) is 4.79 Å². The topological polar surface area (TPSA) is 44.1 Å². The molecule has 4 nitrogen and oxygen atoms in total. The lowest BCUT2D eigenvalue weighted by Crippen LogP contribution is -2.22. The fraction of sp³-hybridized carbons (Fsp3) is 0.143. The van der Waals surface area contributed by atoms with Gasteiger partial charge < -0.3 is 4.74 Å². The van der Waals surface area contributed by atoms with E-state index in [1.807, 2.05) is 49.4 Å². The fourth-order valence-electron chi connectivity index (χ4n) is 2.88. The molecule has 132 valence electrons. The molecule has 1 heterocycles. The molecule has 3 aromatic rings. The third-order valence-corrected chi connectivity index (χ3v) is 4.69. The molecular weight excluding hydrogens is 439 g/mol. The molecule has 0 aliphatic heterocycles. The molecule has 26 heavy (non-hydrogen) atoms. The van der Waals surface area contributed by atoms with Gasteiger partial charge in [0.1, 0.15) is 18.2 Å². The molecule has 0 spiro atoms. The van der Waals surface area contributed by atoms with Crippen molar-refractivity contribution in [3.63, 3.8) is 0 Å². The van der Waals surface area contributed by atoms with Crippen LogP contribution in [0.2, 0.25) is 0 Å². The molecule has 0 radical (unpaired) electrons. The van der Waals surface area contributed by atoms with E-state index < -0.39 is 0 Å². The Morgan fingerprint density at radius 2 is 2.00 bits per heavy atom. The molecule has 0 N–H and O–H groups in total. The third-order valence-electron chi connectivity index (χ3n) is 4.02. The Balaban J connectivity index is 2.19. The molecule has 0 aliphatic carbocycles. The number of ether oxygens (including phenoxy) is 1. The highest BCUT2D eigenvalue weighted by molar-refractivity contribution is 14.1. The van der Waals surface area contributed by atoms with E-state index in [2.05, 4.69) is 40.7 Å². The van der Waals surface area contributed by atoms with Gasteiger partial charge >= 0.3 is 0 Å². The number of rotatable bonds is 6. The summed E-state index contributed by atoms with van der Waals surface area (Å²) in [6.07, 6.45) is 4.17. The van der Waals surface area contributed by atoms with Gasteiger partial charge in [-0.2, -0.15) is 0 Å². The summed E-state index contributed by atoms with van der Waals surface area (Å²) in [7, 11) is 0. The van der Waals surface area contributed by atoms with Crippen LogP contribution in [0.3, 0.4) is 0 Å². The zero-order chi connectivity index (χ0) is 18.7. The third kappa shape index (κ3) is 3.58. The highest BCUT2D eigenvalue weighted by Gasteiger charge is 2.12. The molecule has 3 rings (SSSR count). The molecule has 1 aromatic heterocycles. The van der Waals surface area contributed by atoms with E-state index in [1.165, 1.54) is 0 Å². The quantitative estimate of drug-likeness (QED) is 0.401. The van der Waals surface area contributed by atoms with E-state index in [4.69, 9.17) is 4.74 Å². The van der Waals surface area contributed by atoms with Gasteiger partial charge in [-0.1, -0.05) is 18.7 Å². The van der Waals surface area contributed by atoms with Crippen molar-refractivity contribution >= 4 is 33.5 Å². The molecule has 0 fully saturated rings. The number of fused-ring (bicyclic) bond motifs is 1. The highest BCUT2D eigenvalue weighted by atomic mass is 127. The summed E-state index contributed by atoms with van der Waals surface area (Å²) in [5.74, 6) is 1.41. The van der Waals surface area contributed by atoms with Crippen molar-refractivity contribution < 1.29 is 4.74 Å². The average molecular weight is 458 g/mol. The Kier molecular flexibility index (Phi) is 5.56. The number of benzene rings is 2. The molecular formula is C21H19IN2O2. The number of aromatic nitrogens is 2. The predicted octanol–water partition coefficient (Wildman–Crippen LogP) is 4.59. The first-order valence-corrected chi connectivity index (χ1v) is 9.30. The Labute approximate surface area is 166 Å². The zero-order valence-corrected chi connectivity index (χ0v) is 16.7. The Morgan fingerprint density at radius 1 is 1.19 bits per heavy atom. The van der Waals surface area contributed by atoms with Gasteiger partial charge in [0, 0.05) is 3.57 Å². The molecule has 0 aliphatic rings. The van der Waals surface area contributed by atoms with Gasteiger partial charge in [-0.15, -0.1) is 6.58 Å². The van der Waals surface area contributed by atoms with Crippen LogP contribution in [0, 0.1) is 10.5 Å². The maximum absolute atomic E-state index is 13.1. The van der Waals surface area contributed by atoms with Crippen LogP contribution in [-0.2, 0) is 6.42 Å². The van der Waals surface area contributed by atoms with E-state index >= 15 is 0 Å². The van der Waals surface area contributed by atoms with Crippen LogP contribution in [0.15, 0.2) is 66.5 Å². The summed E-state index contributed by atoms with van der Waals surface area (Å²) in [4.78, 5) is 17.7. The Morgan fingerprint density at radius 3 is 2.73 bits per heavy atom. The van der Waals surface area contributed by atoms with Gasteiger partial charge in [0.05, 0.1) is 16.6 Å². The lowest BCUT2D eigenvalue weighted by Gasteiger charge is -2.15. The van der Waals surface area contributed by atoms with Crippen molar-refractivity contribution in [3.05, 3.63) is 87.0 Å². The van der Waals surface area contributed by atoms with Crippen molar-refractivity contribution in [2.45, 2.75) is 13.3 Å². The molecule has 0 atom stereocenters. The van der Waals surface area contributed by atoms with E-state index in [0.717, 1.165) is 20.6 Å². The highest BCUT2D eigenvalue weighted by Crippen LogP contribution is 2.24. The molecule has 0 saturated heterocycles. The van der Waals surface area contributed by atoms with Crippen molar-refractivity contribution in [3.8, 4) is 11.4 Å². The van der Waals surface area contributed by atoms with Crippen molar-refractivity contribution in [1.29, 1.82) is 0 Å². The first-order valence-electron chi connectivity index (χ1n) is 8.22. The molecule has 0 bridgehead atoms. The molecule has 0 saturated carbocycles.